The molecule has 1 saturated carbocycles. The van der Waals surface area contributed by atoms with Gasteiger partial charge >= 0.3 is 5.97 Å². The molecule has 0 aromatic carbocycles. The van der Waals surface area contributed by atoms with Crippen molar-refractivity contribution in [3.63, 3.8) is 0 Å². The van der Waals surface area contributed by atoms with E-state index in [0.717, 1.165) is 7.11 Å². The van der Waals surface area contributed by atoms with E-state index in [1.165, 1.54) is 0 Å². The zero-order chi connectivity index (χ0) is 9.35. The molecule has 3 nitrogen and oxygen atoms in total. The Morgan fingerprint density at radius 3 is 2.58 bits per heavy atom. The van der Waals surface area contributed by atoms with Crippen LogP contribution in [0, 0.1) is 5.92 Å². The molecule has 5 heteroatoms. The summed E-state index contributed by atoms with van der Waals surface area (Å²) in [6.07, 6.45) is -2.35. The molecule has 1 fully saturated rings. The van der Waals surface area contributed by atoms with Crippen LogP contribution in [0.3, 0.4) is 0 Å². The van der Waals surface area contributed by atoms with Crippen molar-refractivity contribution in [1.82, 2.24) is 0 Å². The lowest BCUT2D eigenvalue weighted by atomic mass is 10.1. The van der Waals surface area contributed by atoms with E-state index in [4.69, 9.17) is 5.11 Å². The Labute approximate surface area is 68.3 Å². The Kier molecular flexibility index (Phi) is 2.32. The van der Waals surface area contributed by atoms with E-state index in [9.17, 15) is 13.6 Å². The van der Waals surface area contributed by atoms with Crippen LogP contribution in [-0.4, -0.2) is 30.2 Å². The predicted molar refractivity (Wildman–Crippen MR) is 35.7 cm³/mol. The normalized spacial score (nSPS) is 33.3. The van der Waals surface area contributed by atoms with Gasteiger partial charge in [-0.2, -0.15) is 0 Å². The average molecular weight is 180 g/mol. The first-order chi connectivity index (χ1) is 5.49. The number of halogens is 2. The number of hydrogen-bond acceptors (Lipinski definition) is 3. The number of aliphatic hydroxyl groups is 1. The van der Waals surface area contributed by atoms with E-state index < -0.39 is 30.3 Å². The largest absolute Gasteiger partial charge is 0.469 e. The van der Waals surface area contributed by atoms with Gasteiger partial charge in [0.15, 0.2) is 0 Å². The minimum Gasteiger partial charge on any atom is -0.469 e. The van der Waals surface area contributed by atoms with Crippen molar-refractivity contribution < 1.29 is 23.4 Å². The van der Waals surface area contributed by atoms with Crippen LogP contribution in [-0.2, 0) is 9.53 Å². The third kappa shape index (κ3) is 1.41. The Balaban J connectivity index is 2.67. The van der Waals surface area contributed by atoms with Crippen LogP contribution < -0.4 is 0 Å². The highest BCUT2D eigenvalue weighted by Crippen LogP contribution is 2.39. The maximum absolute atomic E-state index is 12.6. The van der Waals surface area contributed by atoms with Gasteiger partial charge in [-0.15, -0.1) is 0 Å². The molecule has 0 saturated heterocycles. The van der Waals surface area contributed by atoms with E-state index in [0.29, 0.717) is 0 Å². The quantitative estimate of drug-likeness (QED) is 0.600. The summed E-state index contributed by atoms with van der Waals surface area (Å²) < 4.78 is 29.5. The molecule has 0 radical (unpaired) electrons. The summed E-state index contributed by atoms with van der Waals surface area (Å²) >= 11 is 0. The van der Waals surface area contributed by atoms with Gasteiger partial charge in [-0.05, 0) is 6.42 Å². The highest BCUT2D eigenvalue weighted by Gasteiger charge is 2.52. The van der Waals surface area contributed by atoms with Crippen LogP contribution >= 0.6 is 0 Å². The maximum atomic E-state index is 12.6. The number of hydrogen-bond donors (Lipinski definition) is 1. The fourth-order valence-corrected chi connectivity index (χ4v) is 1.35. The number of rotatable bonds is 1. The van der Waals surface area contributed by atoms with Crippen LogP contribution in [0.2, 0.25) is 0 Å². The van der Waals surface area contributed by atoms with Gasteiger partial charge in [0.05, 0.1) is 13.0 Å². The first-order valence-electron chi connectivity index (χ1n) is 3.63. The lowest BCUT2D eigenvalue weighted by Crippen LogP contribution is -2.35. The molecule has 0 spiro atoms. The summed E-state index contributed by atoms with van der Waals surface area (Å²) in [4.78, 5) is 10.8. The Morgan fingerprint density at radius 1 is 1.67 bits per heavy atom. The van der Waals surface area contributed by atoms with E-state index >= 15 is 0 Å². The lowest BCUT2D eigenvalue weighted by molar-refractivity contribution is -0.155. The van der Waals surface area contributed by atoms with Crippen LogP contribution in [0.25, 0.3) is 0 Å². The standard InChI is InChI=1S/C7H10F2O3/c1-12-6(11)4-2-3-7(8,9)5(4)10/h4-5,10H,2-3H2,1H3/t4-,5+/m1/s1. The van der Waals surface area contributed by atoms with Gasteiger partial charge in [0, 0.05) is 6.42 Å². The number of carbonyl (C=O) groups is 1. The van der Waals surface area contributed by atoms with E-state index in [1.54, 1.807) is 0 Å². The molecule has 1 rings (SSSR count). The number of carbonyl (C=O) groups excluding carboxylic acids is 1. The molecule has 0 aromatic rings. The molecule has 0 bridgehead atoms. The topological polar surface area (TPSA) is 46.5 Å². The van der Waals surface area contributed by atoms with Crippen LogP contribution in [0.15, 0.2) is 0 Å². The highest BCUT2D eigenvalue weighted by molar-refractivity contribution is 5.73. The van der Waals surface area contributed by atoms with Crippen molar-refractivity contribution >= 4 is 5.97 Å². The number of alkyl halides is 2. The fraction of sp³-hybridized carbons (Fsp3) is 0.857. The van der Waals surface area contributed by atoms with Crippen LogP contribution in [0.1, 0.15) is 12.8 Å². The highest BCUT2D eigenvalue weighted by atomic mass is 19.3. The van der Waals surface area contributed by atoms with E-state index in [-0.39, 0.29) is 6.42 Å². The van der Waals surface area contributed by atoms with Crippen molar-refractivity contribution in [2.45, 2.75) is 24.9 Å². The molecule has 12 heavy (non-hydrogen) atoms. The second-order valence-corrected chi connectivity index (χ2v) is 2.87. The van der Waals surface area contributed by atoms with Crippen LogP contribution in [0.5, 0.6) is 0 Å². The maximum Gasteiger partial charge on any atom is 0.311 e. The molecule has 1 N–H and O–H groups in total. The minimum absolute atomic E-state index is 0.0131. The van der Waals surface area contributed by atoms with E-state index in [1.807, 2.05) is 0 Å². The smallest absolute Gasteiger partial charge is 0.311 e. The van der Waals surface area contributed by atoms with Crippen molar-refractivity contribution in [1.29, 1.82) is 0 Å². The molecule has 0 unspecified atom stereocenters. The zero-order valence-electron chi connectivity index (χ0n) is 6.59. The van der Waals surface area contributed by atoms with Crippen molar-refractivity contribution in [2.75, 3.05) is 7.11 Å². The van der Waals surface area contributed by atoms with E-state index in [2.05, 4.69) is 4.74 Å². The summed E-state index contributed by atoms with van der Waals surface area (Å²) in [6, 6.07) is 0. The molecular formula is C7H10F2O3. The van der Waals surface area contributed by atoms with Gasteiger partial charge in [0.25, 0.3) is 5.92 Å². The molecule has 70 valence electrons. The number of esters is 1. The summed E-state index contributed by atoms with van der Waals surface area (Å²) in [5, 5.41) is 8.97. The molecule has 2 atom stereocenters. The zero-order valence-corrected chi connectivity index (χ0v) is 6.59. The molecule has 1 aliphatic rings. The first kappa shape index (κ1) is 9.38. The molecule has 0 amide bonds. The Morgan fingerprint density at radius 2 is 2.25 bits per heavy atom. The third-order valence-electron chi connectivity index (χ3n) is 2.11. The predicted octanol–water partition coefficient (Wildman–Crippen LogP) is 0.566. The van der Waals surface area contributed by atoms with Gasteiger partial charge in [0.2, 0.25) is 0 Å². The van der Waals surface area contributed by atoms with Gasteiger partial charge in [-0.1, -0.05) is 0 Å². The van der Waals surface area contributed by atoms with Crippen molar-refractivity contribution in [3.05, 3.63) is 0 Å². The molecule has 0 aliphatic heterocycles. The summed E-state index contributed by atoms with van der Waals surface area (Å²) in [6.45, 7) is 0. The second-order valence-electron chi connectivity index (χ2n) is 2.87. The minimum atomic E-state index is -3.14. The van der Waals surface area contributed by atoms with Gasteiger partial charge in [-0.25, -0.2) is 8.78 Å². The van der Waals surface area contributed by atoms with Gasteiger partial charge < -0.3 is 9.84 Å². The van der Waals surface area contributed by atoms with Crippen LogP contribution in [0.4, 0.5) is 8.78 Å². The number of methoxy groups -OCH3 is 1. The second kappa shape index (κ2) is 2.97. The van der Waals surface area contributed by atoms with Gasteiger partial charge in [0.1, 0.15) is 6.10 Å². The molecule has 0 heterocycles. The van der Waals surface area contributed by atoms with Gasteiger partial charge in [-0.3, -0.25) is 4.79 Å². The third-order valence-corrected chi connectivity index (χ3v) is 2.11. The number of ether oxygens (including phenoxy) is 1. The monoisotopic (exact) mass is 180 g/mol. The number of aliphatic hydroxyl groups excluding tert-OH is 1. The molecule has 1 aliphatic carbocycles. The first-order valence-corrected chi connectivity index (χ1v) is 3.63. The summed E-state index contributed by atoms with van der Waals surface area (Å²) in [7, 11) is 1.12. The SMILES string of the molecule is COC(=O)[C@@H]1CCC(F)(F)[C@H]1O. The average Bonchev–Trinajstić information content (AvgIpc) is 2.27. The summed E-state index contributed by atoms with van der Waals surface area (Å²) in [5.74, 6) is -4.97. The van der Waals surface area contributed by atoms with Crippen molar-refractivity contribution in [2.24, 2.45) is 5.92 Å². The van der Waals surface area contributed by atoms with Crippen molar-refractivity contribution in [3.8, 4) is 0 Å². The Hall–Kier alpha value is -0.710. The fourth-order valence-electron chi connectivity index (χ4n) is 1.35. The molecule has 0 aromatic heterocycles. The molecular weight excluding hydrogens is 170 g/mol. The lowest BCUT2D eigenvalue weighted by Gasteiger charge is -2.16. The Bertz CT molecular complexity index is 193. The summed E-state index contributed by atoms with van der Waals surface area (Å²) in [5.41, 5.74) is 0.